The van der Waals surface area contributed by atoms with Gasteiger partial charge in [0.05, 0.1) is 26.6 Å². The van der Waals surface area contributed by atoms with Gasteiger partial charge in [-0.25, -0.2) is 8.42 Å². The van der Waals surface area contributed by atoms with E-state index in [0.29, 0.717) is 23.1 Å². The van der Waals surface area contributed by atoms with Crippen molar-refractivity contribution in [3.8, 4) is 0 Å². The van der Waals surface area contributed by atoms with Crippen LogP contribution in [0.15, 0.2) is 58.0 Å². The number of halogens is 2. The highest BCUT2D eigenvalue weighted by atomic mass is 35.5. The molecule has 0 amide bonds. The van der Waals surface area contributed by atoms with Gasteiger partial charge in [-0.1, -0.05) is 67.1 Å². The Morgan fingerprint density at radius 2 is 1.64 bits per heavy atom. The summed E-state index contributed by atoms with van der Waals surface area (Å²) in [4.78, 5) is 5.33. The molecule has 1 aromatic heterocycles. The van der Waals surface area contributed by atoms with Crippen LogP contribution in [-0.4, -0.2) is 68.5 Å². The number of benzene rings is 2. The molecule has 248 valence electrons. The zero-order chi connectivity index (χ0) is 33.4. The number of nitrogens with zero attached hydrogens (tertiary/aromatic N) is 3. The van der Waals surface area contributed by atoms with E-state index in [-0.39, 0.29) is 18.6 Å². The largest absolute Gasteiger partial charge is 0.748 e. The lowest BCUT2D eigenvalue weighted by Gasteiger charge is -2.20. The van der Waals surface area contributed by atoms with Gasteiger partial charge in [-0.2, -0.15) is 13.0 Å². The summed E-state index contributed by atoms with van der Waals surface area (Å²) in [6.45, 7) is 12.8. The first kappa shape index (κ1) is 37.8. The third kappa shape index (κ3) is 11.8. The van der Waals surface area contributed by atoms with E-state index in [4.69, 9.17) is 27.8 Å². The predicted molar refractivity (Wildman–Crippen MR) is 187 cm³/mol. The highest BCUT2D eigenvalue weighted by Crippen LogP contribution is 2.47. The van der Waals surface area contributed by atoms with Crippen LogP contribution in [0.25, 0.3) is 16.3 Å². The lowest BCUT2D eigenvalue weighted by atomic mass is 10.2. The molecule has 1 aliphatic heterocycles. The molecule has 2 heterocycles. The Hall–Kier alpha value is -1.68. The third-order valence-electron chi connectivity index (χ3n) is 6.99. The van der Waals surface area contributed by atoms with Gasteiger partial charge in [0.15, 0.2) is 6.54 Å². The quantitative estimate of drug-likeness (QED) is 0.147. The van der Waals surface area contributed by atoms with Crippen LogP contribution in [0.1, 0.15) is 45.5 Å². The van der Waals surface area contributed by atoms with Crippen LogP contribution in [-0.2, 0) is 26.8 Å². The molecule has 0 atom stereocenters. The van der Waals surface area contributed by atoms with Crippen LogP contribution in [0.5, 0.6) is 0 Å². The zero-order valence-electron chi connectivity index (χ0n) is 25.7. The number of allylic oxidation sites excluding steroid dienone is 2. The number of rotatable bonds is 13. The topological polar surface area (TPSA) is 122 Å². The lowest BCUT2D eigenvalue weighted by Crippen LogP contribution is -2.36. The molecule has 0 saturated carbocycles. The van der Waals surface area contributed by atoms with Crippen molar-refractivity contribution in [2.24, 2.45) is 0 Å². The Labute approximate surface area is 285 Å². The number of thioether (sulfide) groups is 1. The lowest BCUT2D eigenvalue weighted by molar-refractivity contribution is -0.668. The summed E-state index contributed by atoms with van der Waals surface area (Å²) >= 11 is 15.5. The van der Waals surface area contributed by atoms with Crippen molar-refractivity contribution in [1.29, 1.82) is 0 Å². The fourth-order valence-electron chi connectivity index (χ4n) is 4.73. The van der Waals surface area contributed by atoms with Crippen molar-refractivity contribution >= 4 is 88.5 Å². The molecule has 0 bridgehead atoms. The van der Waals surface area contributed by atoms with Crippen molar-refractivity contribution < 1.29 is 30.5 Å². The van der Waals surface area contributed by atoms with Crippen molar-refractivity contribution in [2.45, 2.75) is 52.0 Å². The summed E-state index contributed by atoms with van der Waals surface area (Å²) in [5.41, 5.74) is 2.61. The maximum absolute atomic E-state index is 11.3. The van der Waals surface area contributed by atoms with E-state index in [0.717, 1.165) is 36.4 Å². The van der Waals surface area contributed by atoms with Crippen LogP contribution in [0.4, 0.5) is 5.69 Å². The number of thiazole rings is 1. The number of fused-ring (bicyclic) bond motifs is 2. The van der Waals surface area contributed by atoms with Gasteiger partial charge >= 0.3 is 0 Å². The van der Waals surface area contributed by atoms with Gasteiger partial charge in [0.1, 0.15) is 4.70 Å². The number of hydrogen-bond donors (Lipinski definition) is 1. The van der Waals surface area contributed by atoms with E-state index in [1.165, 1.54) is 42.7 Å². The van der Waals surface area contributed by atoms with E-state index in [9.17, 15) is 21.4 Å². The summed E-state index contributed by atoms with van der Waals surface area (Å²) in [6.07, 6.45) is 4.36. The van der Waals surface area contributed by atoms with Crippen LogP contribution in [0.2, 0.25) is 10.0 Å². The molecule has 2 aromatic carbocycles. The molecule has 4 rings (SSSR count). The number of hydrogen-bond acceptors (Lipinski definition) is 9. The Kier molecular flexibility index (Phi) is 14.2. The first-order chi connectivity index (χ1) is 21.1. The molecule has 3 aromatic rings. The fourth-order valence-corrected chi connectivity index (χ4v) is 8.40. The van der Waals surface area contributed by atoms with Gasteiger partial charge < -0.3 is 14.4 Å². The van der Waals surface area contributed by atoms with Crippen molar-refractivity contribution in [1.82, 2.24) is 4.90 Å². The highest BCUT2D eigenvalue weighted by molar-refractivity contribution is 8.03. The minimum atomic E-state index is -4.32. The van der Waals surface area contributed by atoms with Gasteiger partial charge in [-0.3, -0.25) is 4.55 Å². The normalized spacial score (nSPS) is 14.7. The molecule has 0 fully saturated rings. The molecule has 0 aliphatic carbocycles. The van der Waals surface area contributed by atoms with Gasteiger partial charge in [0.2, 0.25) is 5.52 Å². The molecule has 0 saturated heterocycles. The minimum Gasteiger partial charge on any atom is -0.748 e. The molecule has 0 radical (unpaired) electrons. The molecule has 0 spiro atoms. The molecule has 45 heavy (non-hydrogen) atoms. The Morgan fingerprint density at radius 3 is 2.24 bits per heavy atom. The molecule has 15 heteroatoms. The highest BCUT2D eigenvalue weighted by Gasteiger charge is 2.26. The van der Waals surface area contributed by atoms with E-state index < -0.39 is 26.0 Å². The molecular formula is C30H39Cl2N3O6S4. The maximum Gasteiger partial charge on any atom is 0.264 e. The summed E-state index contributed by atoms with van der Waals surface area (Å²) in [5.74, 6) is -0.810. The van der Waals surface area contributed by atoms with E-state index in [2.05, 4.69) is 25.7 Å². The van der Waals surface area contributed by atoms with Gasteiger partial charge in [0, 0.05) is 45.8 Å². The Balaban J connectivity index is 0.000000707. The first-order valence-corrected chi connectivity index (χ1v) is 20.1. The fraction of sp³-hybridized carbons (Fsp3) is 0.433. The summed E-state index contributed by atoms with van der Waals surface area (Å²) in [7, 11) is -8.40. The second kappa shape index (κ2) is 16.9. The zero-order valence-corrected chi connectivity index (χ0v) is 30.5. The molecule has 9 nitrogen and oxygen atoms in total. The monoisotopic (exact) mass is 735 g/mol. The molecular weight excluding hydrogens is 698 g/mol. The van der Waals surface area contributed by atoms with Crippen molar-refractivity contribution in [3.05, 3.63) is 68.1 Å². The maximum atomic E-state index is 11.3. The van der Waals surface area contributed by atoms with Crippen LogP contribution in [0.3, 0.4) is 0 Å². The first-order valence-electron chi connectivity index (χ1n) is 14.5. The van der Waals surface area contributed by atoms with Crippen LogP contribution in [0, 0.1) is 0 Å². The summed E-state index contributed by atoms with van der Waals surface area (Å²) in [6, 6.07) is 11.0. The second-order valence-corrected chi connectivity index (χ2v) is 16.4. The van der Waals surface area contributed by atoms with Gasteiger partial charge in [0.25, 0.3) is 15.1 Å². The summed E-state index contributed by atoms with van der Waals surface area (Å²) in [5, 5.41) is 2.85. The second-order valence-electron chi connectivity index (χ2n) is 10.3. The SMILES string of the molecule is CC(=C/c1sc2ccc(Cl)cc2[n+]1CCCS(=O)(=O)[O-])/C=C1\Sc2ccc(Cl)cc2N1CCCS(=O)(=O)O.CCN(CC)CC. The predicted octanol–water partition coefficient (Wildman–Crippen LogP) is 6.91. The molecule has 0 unspecified atom stereocenters. The summed E-state index contributed by atoms with van der Waals surface area (Å²) < 4.78 is 68.0. The van der Waals surface area contributed by atoms with E-state index in [1.54, 1.807) is 12.1 Å². The molecule has 1 N–H and O–H groups in total. The van der Waals surface area contributed by atoms with Crippen molar-refractivity contribution in [2.75, 3.05) is 42.6 Å². The van der Waals surface area contributed by atoms with Crippen LogP contribution >= 0.6 is 46.3 Å². The van der Waals surface area contributed by atoms with Crippen molar-refractivity contribution in [3.63, 3.8) is 0 Å². The molecule has 1 aliphatic rings. The number of anilines is 1. The number of aryl methyl sites for hydroxylation is 1. The standard InChI is InChI=1S/C24H24Cl2N2O6S4.C6H15N/c1-16(12-23-27(8-2-10-37(29,30)31)19-14-17(25)4-6-21(19)35-23)13-24-28(9-3-11-38(32,33)34)20-15-18(26)5-7-22(20)36-24;1-4-7(5-2)6-3/h4-7,12-15H,2-3,8-11H2,1H3,(H-,29,30,31,32,33,34);4-6H2,1-3H3. The third-order valence-corrected chi connectivity index (χ3v) is 11.3. The van der Waals surface area contributed by atoms with Gasteiger partial charge in [-0.15, -0.1) is 0 Å². The van der Waals surface area contributed by atoms with E-state index >= 15 is 0 Å². The van der Waals surface area contributed by atoms with Gasteiger partial charge in [-0.05, 0) is 75.0 Å². The average Bonchev–Trinajstić information content (AvgIpc) is 3.45. The average molecular weight is 737 g/mol. The Morgan fingerprint density at radius 1 is 1.00 bits per heavy atom. The van der Waals surface area contributed by atoms with Crippen LogP contribution < -0.4 is 9.47 Å². The Bertz CT molecular complexity index is 1750. The van der Waals surface area contributed by atoms with E-state index in [1.807, 2.05) is 52.8 Å². The number of aromatic nitrogens is 1. The minimum absolute atomic E-state index is 0.170. The smallest absolute Gasteiger partial charge is 0.264 e.